The molecule has 0 aromatic carbocycles. The van der Waals surface area contributed by atoms with Gasteiger partial charge >= 0.3 is 17.9 Å². The summed E-state index contributed by atoms with van der Waals surface area (Å²) in [6.45, 7) is 6.18. The second-order valence-electron chi connectivity index (χ2n) is 7.63. The number of carboxylic acids is 1. The standard InChI is InChI=1S/C23H40O6/c1-20(2)23(27)29-19-15-11-6-4-3-5-10-14-18-28-22(26)17-13-9-7-8-12-16-21(24)25/h1,3-19H2,2H3,(H,24,25). The van der Waals surface area contributed by atoms with Crippen molar-refractivity contribution in [3.63, 3.8) is 0 Å². The number of unbranched alkanes of at least 4 members (excludes halogenated alkanes) is 11. The monoisotopic (exact) mass is 412 g/mol. The lowest BCUT2D eigenvalue weighted by Gasteiger charge is -2.06. The zero-order chi connectivity index (χ0) is 21.7. The van der Waals surface area contributed by atoms with Crippen LogP contribution in [0.3, 0.4) is 0 Å². The van der Waals surface area contributed by atoms with E-state index in [1.165, 1.54) is 12.8 Å². The van der Waals surface area contributed by atoms with Gasteiger partial charge in [0.25, 0.3) is 0 Å². The van der Waals surface area contributed by atoms with E-state index in [1.807, 2.05) is 0 Å². The van der Waals surface area contributed by atoms with Crippen molar-refractivity contribution in [1.29, 1.82) is 0 Å². The Labute approximate surface area is 176 Å². The van der Waals surface area contributed by atoms with Crippen LogP contribution in [-0.4, -0.2) is 36.2 Å². The molecular formula is C23H40O6. The Morgan fingerprint density at radius 3 is 1.55 bits per heavy atom. The minimum Gasteiger partial charge on any atom is -0.481 e. The first-order valence-electron chi connectivity index (χ1n) is 11.1. The molecule has 0 aromatic heterocycles. The average Bonchev–Trinajstić information content (AvgIpc) is 2.67. The van der Waals surface area contributed by atoms with Crippen molar-refractivity contribution in [3.05, 3.63) is 12.2 Å². The molecule has 0 aliphatic heterocycles. The van der Waals surface area contributed by atoms with Gasteiger partial charge in [0.2, 0.25) is 0 Å². The third-order valence-electron chi connectivity index (χ3n) is 4.65. The van der Waals surface area contributed by atoms with Crippen LogP contribution in [0.25, 0.3) is 0 Å². The second-order valence-corrected chi connectivity index (χ2v) is 7.63. The molecule has 0 rings (SSSR count). The highest BCUT2D eigenvalue weighted by atomic mass is 16.5. The maximum Gasteiger partial charge on any atom is 0.333 e. The summed E-state index contributed by atoms with van der Waals surface area (Å²) in [7, 11) is 0. The van der Waals surface area contributed by atoms with Gasteiger partial charge in [0.05, 0.1) is 13.2 Å². The first-order chi connectivity index (χ1) is 13.9. The van der Waals surface area contributed by atoms with Crippen LogP contribution in [0.1, 0.15) is 103 Å². The number of carbonyl (C=O) groups is 3. The van der Waals surface area contributed by atoms with Crippen molar-refractivity contribution in [3.8, 4) is 0 Å². The van der Waals surface area contributed by atoms with E-state index in [1.54, 1.807) is 6.92 Å². The van der Waals surface area contributed by atoms with Crippen LogP contribution in [0.2, 0.25) is 0 Å². The zero-order valence-electron chi connectivity index (χ0n) is 18.2. The van der Waals surface area contributed by atoms with Crippen LogP contribution in [0.5, 0.6) is 0 Å². The van der Waals surface area contributed by atoms with Crippen molar-refractivity contribution in [1.82, 2.24) is 0 Å². The molecule has 0 unspecified atom stereocenters. The van der Waals surface area contributed by atoms with Gasteiger partial charge in [-0.25, -0.2) is 4.79 Å². The van der Waals surface area contributed by atoms with E-state index in [0.717, 1.165) is 64.2 Å². The highest BCUT2D eigenvalue weighted by molar-refractivity contribution is 5.86. The first kappa shape index (κ1) is 27.1. The van der Waals surface area contributed by atoms with Gasteiger partial charge in [0.15, 0.2) is 0 Å². The first-order valence-corrected chi connectivity index (χ1v) is 11.1. The van der Waals surface area contributed by atoms with Crippen LogP contribution >= 0.6 is 0 Å². The molecular weight excluding hydrogens is 372 g/mol. The van der Waals surface area contributed by atoms with Gasteiger partial charge < -0.3 is 14.6 Å². The summed E-state index contributed by atoms with van der Waals surface area (Å²) in [5.74, 6) is -1.17. The number of rotatable bonds is 20. The van der Waals surface area contributed by atoms with E-state index >= 15 is 0 Å². The summed E-state index contributed by atoms with van der Waals surface area (Å²) in [5.41, 5.74) is 0.445. The Bertz CT molecular complexity index is 472. The molecule has 0 saturated carbocycles. The molecule has 0 bridgehead atoms. The summed E-state index contributed by atoms with van der Waals surface area (Å²) in [6, 6.07) is 0. The molecule has 0 aliphatic rings. The lowest BCUT2D eigenvalue weighted by molar-refractivity contribution is -0.144. The number of ether oxygens (including phenoxy) is 2. The molecule has 0 amide bonds. The van der Waals surface area contributed by atoms with Gasteiger partial charge in [-0.3, -0.25) is 9.59 Å². The van der Waals surface area contributed by atoms with Crippen molar-refractivity contribution >= 4 is 17.9 Å². The quantitative estimate of drug-likeness (QED) is 0.159. The van der Waals surface area contributed by atoms with E-state index in [4.69, 9.17) is 14.6 Å². The third kappa shape index (κ3) is 20.7. The molecule has 0 atom stereocenters. The summed E-state index contributed by atoms with van der Waals surface area (Å²) in [5, 5.41) is 8.54. The van der Waals surface area contributed by atoms with Crippen LogP contribution in [0.4, 0.5) is 0 Å². The van der Waals surface area contributed by atoms with E-state index < -0.39 is 5.97 Å². The normalized spacial score (nSPS) is 10.5. The molecule has 6 nitrogen and oxygen atoms in total. The minimum atomic E-state index is -0.743. The summed E-state index contributed by atoms with van der Waals surface area (Å²) in [6.07, 6.45) is 13.7. The van der Waals surface area contributed by atoms with Gasteiger partial charge in [-0.15, -0.1) is 0 Å². The largest absolute Gasteiger partial charge is 0.481 e. The van der Waals surface area contributed by atoms with Gasteiger partial charge in [0.1, 0.15) is 0 Å². The van der Waals surface area contributed by atoms with Crippen LogP contribution in [-0.2, 0) is 23.9 Å². The van der Waals surface area contributed by atoms with Crippen LogP contribution < -0.4 is 0 Å². The van der Waals surface area contributed by atoms with Gasteiger partial charge in [-0.05, 0) is 32.6 Å². The number of hydrogen-bond donors (Lipinski definition) is 1. The van der Waals surface area contributed by atoms with Gasteiger partial charge in [-0.1, -0.05) is 64.4 Å². The average molecular weight is 413 g/mol. The SMILES string of the molecule is C=C(C)C(=O)OCCCCCCCCCCOC(=O)CCCCCCCC(=O)O. The van der Waals surface area contributed by atoms with Crippen LogP contribution in [0.15, 0.2) is 12.2 Å². The molecule has 29 heavy (non-hydrogen) atoms. The maximum absolute atomic E-state index is 11.6. The number of aliphatic carboxylic acids is 1. The molecule has 0 aromatic rings. The summed E-state index contributed by atoms with van der Waals surface area (Å²) >= 11 is 0. The molecule has 1 N–H and O–H groups in total. The van der Waals surface area contributed by atoms with Gasteiger partial charge in [-0.2, -0.15) is 0 Å². The molecule has 0 aliphatic carbocycles. The Balaban J connectivity index is 3.24. The van der Waals surface area contributed by atoms with Crippen LogP contribution in [0, 0.1) is 0 Å². The molecule has 0 heterocycles. The van der Waals surface area contributed by atoms with Crippen molar-refractivity contribution in [2.75, 3.05) is 13.2 Å². The maximum atomic E-state index is 11.6. The topological polar surface area (TPSA) is 89.9 Å². The second kappa shape index (κ2) is 19.5. The fourth-order valence-corrected chi connectivity index (χ4v) is 2.89. The molecule has 0 fully saturated rings. The van der Waals surface area contributed by atoms with Crippen molar-refractivity contribution in [2.45, 2.75) is 103 Å². The molecule has 0 saturated heterocycles. The van der Waals surface area contributed by atoms with E-state index in [2.05, 4.69) is 6.58 Å². The number of esters is 2. The zero-order valence-corrected chi connectivity index (χ0v) is 18.2. The Hall–Kier alpha value is -1.85. The smallest absolute Gasteiger partial charge is 0.333 e. The van der Waals surface area contributed by atoms with E-state index in [9.17, 15) is 14.4 Å². The Morgan fingerprint density at radius 1 is 0.655 bits per heavy atom. The molecule has 0 radical (unpaired) electrons. The summed E-state index contributed by atoms with van der Waals surface area (Å²) < 4.78 is 10.3. The van der Waals surface area contributed by atoms with E-state index in [-0.39, 0.29) is 18.4 Å². The summed E-state index contributed by atoms with van der Waals surface area (Å²) in [4.78, 5) is 33.2. The van der Waals surface area contributed by atoms with Crippen molar-refractivity contribution in [2.24, 2.45) is 0 Å². The number of hydrogen-bond acceptors (Lipinski definition) is 5. The number of carboxylic acid groups (broad SMARTS) is 1. The fourth-order valence-electron chi connectivity index (χ4n) is 2.89. The predicted octanol–water partition coefficient (Wildman–Crippen LogP) is 5.59. The lowest BCUT2D eigenvalue weighted by atomic mass is 10.1. The fraction of sp³-hybridized carbons (Fsp3) is 0.783. The lowest BCUT2D eigenvalue weighted by Crippen LogP contribution is -2.06. The van der Waals surface area contributed by atoms with E-state index in [0.29, 0.717) is 31.6 Å². The highest BCUT2D eigenvalue weighted by Gasteiger charge is 2.04. The third-order valence-corrected chi connectivity index (χ3v) is 4.65. The molecule has 168 valence electrons. The predicted molar refractivity (Wildman–Crippen MR) is 114 cm³/mol. The highest BCUT2D eigenvalue weighted by Crippen LogP contribution is 2.10. The van der Waals surface area contributed by atoms with Gasteiger partial charge in [0, 0.05) is 18.4 Å². The minimum absolute atomic E-state index is 0.122. The Morgan fingerprint density at radius 2 is 1.07 bits per heavy atom. The molecule has 0 spiro atoms. The Kier molecular flexibility index (Phi) is 18.2. The molecule has 6 heteroatoms. The number of carbonyl (C=O) groups excluding carboxylic acids is 2. The van der Waals surface area contributed by atoms with Crippen molar-refractivity contribution < 1.29 is 29.0 Å².